The maximum absolute atomic E-state index is 12.5. The fourth-order valence-corrected chi connectivity index (χ4v) is 3.83. The van der Waals surface area contributed by atoms with Crippen molar-refractivity contribution in [3.05, 3.63) is 27.8 Å². The highest BCUT2D eigenvalue weighted by Crippen LogP contribution is 2.14. The van der Waals surface area contributed by atoms with Gasteiger partial charge in [0, 0.05) is 10.1 Å². The summed E-state index contributed by atoms with van der Waals surface area (Å²) in [6, 6.07) is 5.82. The summed E-state index contributed by atoms with van der Waals surface area (Å²) >= 11 is 2.12. The molecule has 136 valence electrons. The maximum Gasteiger partial charge on any atom is 0.241 e. The zero-order chi connectivity index (χ0) is 18.2. The molecule has 2 N–H and O–H groups in total. The van der Waals surface area contributed by atoms with Crippen molar-refractivity contribution in [2.45, 2.75) is 57.4 Å². The number of sulfonamides is 1. The van der Waals surface area contributed by atoms with Crippen LogP contribution in [0.3, 0.4) is 0 Å². The van der Waals surface area contributed by atoms with Gasteiger partial charge in [-0.15, -0.1) is 0 Å². The molecule has 0 aliphatic carbocycles. The molecule has 0 aromatic heterocycles. The summed E-state index contributed by atoms with van der Waals surface area (Å²) in [5.41, 5.74) is 0. The number of rotatable bonds is 10. The molecule has 0 aliphatic rings. The lowest BCUT2D eigenvalue weighted by Crippen LogP contribution is -2.47. The Morgan fingerprint density at radius 1 is 1.17 bits per heavy atom. The Labute approximate surface area is 159 Å². The first-order valence-electron chi connectivity index (χ1n) is 8.32. The largest absolute Gasteiger partial charge is 0.355 e. The second kappa shape index (κ2) is 10.4. The van der Waals surface area contributed by atoms with Gasteiger partial charge in [-0.1, -0.05) is 33.6 Å². The summed E-state index contributed by atoms with van der Waals surface area (Å²) in [7, 11) is -3.72. The van der Waals surface area contributed by atoms with Crippen molar-refractivity contribution in [3.63, 3.8) is 0 Å². The molecule has 0 heterocycles. The van der Waals surface area contributed by atoms with Gasteiger partial charge in [0.15, 0.2) is 0 Å². The molecule has 1 atom stereocenters. The van der Waals surface area contributed by atoms with Crippen LogP contribution in [0.15, 0.2) is 29.2 Å². The van der Waals surface area contributed by atoms with Crippen molar-refractivity contribution in [2.24, 2.45) is 5.92 Å². The Kier molecular flexibility index (Phi) is 9.22. The Morgan fingerprint density at radius 3 is 2.33 bits per heavy atom. The lowest BCUT2D eigenvalue weighted by Gasteiger charge is -2.20. The van der Waals surface area contributed by atoms with Crippen LogP contribution >= 0.6 is 22.6 Å². The van der Waals surface area contributed by atoms with Gasteiger partial charge in [0.1, 0.15) is 6.04 Å². The fourth-order valence-electron chi connectivity index (χ4n) is 2.26. The van der Waals surface area contributed by atoms with Crippen LogP contribution < -0.4 is 10.0 Å². The van der Waals surface area contributed by atoms with Gasteiger partial charge < -0.3 is 5.32 Å². The van der Waals surface area contributed by atoms with Crippen LogP contribution in [-0.4, -0.2) is 26.9 Å². The zero-order valence-electron chi connectivity index (χ0n) is 14.5. The molecule has 1 unspecified atom stereocenters. The third-order valence-electron chi connectivity index (χ3n) is 3.52. The van der Waals surface area contributed by atoms with E-state index in [1.807, 2.05) is 13.8 Å². The molecule has 0 saturated heterocycles. The summed E-state index contributed by atoms with van der Waals surface area (Å²) in [6.45, 7) is 6.61. The Balaban J connectivity index is 2.80. The smallest absolute Gasteiger partial charge is 0.241 e. The molecule has 7 heteroatoms. The van der Waals surface area contributed by atoms with Crippen LogP contribution in [0.4, 0.5) is 0 Å². The number of benzene rings is 1. The van der Waals surface area contributed by atoms with Gasteiger partial charge in [0.05, 0.1) is 4.90 Å². The molecule has 0 radical (unpaired) electrons. The molecular formula is C17H27IN2O3S. The van der Waals surface area contributed by atoms with E-state index in [1.165, 1.54) is 0 Å². The van der Waals surface area contributed by atoms with E-state index in [1.54, 1.807) is 24.3 Å². The van der Waals surface area contributed by atoms with Crippen molar-refractivity contribution in [1.82, 2.24) is 10.0 Å². The second-order valence-electron chi connectivity index (χ2n) is 6.26. The normalized spacial score (nSPS) is 13.0. The molecule has 1 aromatic carbocycles. The number of halogens is 1. The standard InChI is InChI=1S/C17H27IN2O3S/c1-4-5-6-11-19-17(21)16(12-13(2)3)20-24(22,23)15-9-7-14(18)8-10-15/h7-10,13,16,20H,4-6,11-12H2,1-3H3,(H,19,21). The highest BCUT2D eigenvalue weighted by Gasteiger charge is 2.26. The van der Waals surface area contributed by atoms with Crippen LogP contribution in [-0.2, 0) is 14.8 Å². The SMILES string of the molecule is CCCCCNC(=O)C(CC(C)C)NS(=O)(=O)c1ccc(I)cc1. The summed E-state index contributed by atoms with van der Waals surface area (Å²) < 4.78 is 28.6. The van der Waals surface area contributed by atoms with Crippen molar-refractivity contribution < 1.29 is 13.2 Å². The Hall–Kier alpha value is -0.670. The second-order valence-corrected chi connectivity index (χ2v) is 9.22. The van der Waals surface area contributed by atoms with Crippen molar-refractivity contribution in [2.75, 3.05) is 6.54 Å². The quantitative estimate of drug-likeness (QED) is 0.411. The topological polar surface area (TPSA) is 75.3 Å². The van der Waals surface area contributed by atoms with Gasteiger partial charge in [0.2, 0.25) is 15.9 Å². The molecule has 5 nitrogen and oxygen atoms in total. The van der Waals surface area contributed by atoms with E-state index in [-0.39, 0.29) is 16.7 Å². The molecule has 0 bridgehead atoms. The number of carbonyl (C=O) groups excluding carboxylic acids is 1. The van der Waals surface area contributed by atoms with E-state index in [0.717, 1.165) is 22.8 Å². The molecule has 1 amide bonds. The molecule has 0 aliphatic heterocycles. The summed E-state index contributed by atoms with van der Waals surface area (Å²) in [5, 5.41) is 2.84. The van der Waals surface area contributed by atoms with Crippen LogP contribution in [0.2, 0.25) is 0 Å². The summed E-state index contributed by atoms with van der Waals surface area (Å²) in [4.78, 5) is 12.5. The van der Waals surface area contributed by atoms with E-state index in [2.05, 4.69) is 39.6 Å². The van der Waals surface area contributed by atoms with E-state index < -0.39 is 16.1 Å². The number of amides is 1. The minimum Gasteiger partial charge on any atom is -0.355 e. The van der Waals surface area contributed by atoms with Gasteiger partial charge in [0.25, 0.3) is 0 Å². The van der Waals surface area contributed by atoms with Crippen LogP contribution in [0.25, 0.3) is 0 Å². The Bertz CT molecular complexity index is 615. The van der Waals surface area contributed by atoms with E-state index >= 15 is 0 Å². The minimum absolute atomic E-state index is 0.176. The minimum atomic E-state index is -3.72. The van der Waals surface area contributed by atoms with Crippen LogP contribution in [0.1, 0.15) is 46.5 Å². The number of hydrogen-bond acceptors (Lipinski definition) is 3. The average Bonchev–Trinajstić information content (AvgIpc) is 2.50. The van der Waals surface area contributed by atoms with E-state index in [4.69, 9.17) is 0 Å². The first kappa shape index (κ1) is 21.4. The first-order chi connectivity index (χ1) is 11.3. The molecule has 0 fully saturated rings. The number of unbranched alkanes of at least 4 members (excludes halogenated alkanes) is 2. The molecule has 1 rings (SSSR count). The lowest BCUT2D eigenvalue weighted by molar-refractivity contribution is -0.123. The maximum atomic E-state index is 12.5. The predicted octanol–water partition coefficient (Wildman–Crippen LogP) is 3.29. The zero-order valence-corrected chi connectivity index (χ0v) is 17.5. The predicted molar refractivity (Wildman–Crippen MR) is 105 cm³/mol. The molecule has 1 aromatic rings. The molecule has 24 heavy (non-hydrogen) atoms. The van der Waals surface area contributed by atoms with Gasteiger partial charge in [-0.2, -0.15) is 4.72 Å². The summed E-state index contributed by atoms with van der Waals surface area (Å²) in [6.07, 6.45) is 3.48. The third-order valence-corrected chi connectivity index (χ3v) is 5.73. The van der Waals surface area contributed by atoms with Crippen molar-refractivity contribution in [3.8, 4) is 0 Å². The highest BCUT2D eigenvalue weighted by atomic mass is 127. The van der Waals surface area contributed by atoms with Crippen LogP contribution in [0, 0.1) is 9.49 Å². The fraction of sp³-hybridized carbons (Fsp3) is 0.588. The number of carbonyl (C=O) groups is 1. The average molecular weight is 466 g/mol. The first-order valence-corrected chi connectivity index (χ1v) is 10.9. The van der Waals surface area contributed by atoms with Crippen molar-refractivity contribution in [1.29, 1.82) is 0 Å². The molecule has 0 spiro atoms. The van der Waals surface area contributed by atoms with E-state index in [9.17, 15) is 13.2 Å². The van der Waals surface area contributed by atoms with Gasteiger partial charge in [-0.3, -0.25) is 4.79 Å². The van der Waals surface area contributed by atoms with Crippen LogP contribution in [0.5, 0.6) is 0 Å². The lowest BCUT2D eigenvalue weighted by atomic mass is 10.0. The van der Waals surface area contributed by atoms with E-state index in [0.29, 0.717) is 13.0 Å². The Morgan fingerprint density at radius 2 is 1.79 bits per heavy atom. The van der Waals surface area contributed by atoms with Crippen molar-refractivity contribution >= 4 is 38.5 Å². The number of nitrogens with one attached hydrogen (secondary N) is 2. The number of hydrogen-bond donors (Lipinski definition) is 2. The van der Waals surface area contributed by atoms with Gasteiger partial charge in [-0.25, -0.2) is 8.42 Å². The van der Waals surface area contributed by atoms with Gasteiger partial charge >= 0.3 is 0 Å². The highest BCUT2D eigenvalue weighted by molar-refractivity contribution is 14.1. The summed E-state index contributed by atoms with van der Waals surface area (Å²) in [5.74, 6) is -0.0512. The third kappa shape index (κ3) is 7.48. The monoisotopic (exact) mass is 466 g/mol. The molecule has 0 saturated carbocycles. The van der Waals surface area contributed by atoms with Gasteiger partial charge in [-0.05, 0) is 65.6 Å². The molecular weight excluding hydrogens is 439 g/mol.